The lowest BCUT2D eigenvalue weighted by Crippen LogP contribution is -2.42. The number of ether oxygens (including phenoxy) is 2. The van der Waals surface area contributed by atoms with E-state index in [1.54, 1.807) is 18.2 Å². The van der Waals surface area contributed by atoms with Gasteiger partial charge in [0.15, 0.2) is 11.5 Å². The van der Waals surface area contributed by atoms with Gasteiger partial charge in [-0.25, -0.2) is 0 Å². The first-order valence-corrected chi connectivity index (χ1v) is 8.09. The molecule has 0 saturated heterocycles. The minimum atomic E-state index is 0.0425. The standard InChI is InChI=1S/C16H20ClNO3/c17-8-9-18(13-4-2-1-3-5-13)16(19)12-6-7-14-15(10-12)21-11-20-14/h6-7,10,13H,1-5,8-9,11H2. The minimum absolute atomic E-state index is 0.0425. The lowest BCUT2D eigenvalue weighted by molar-refractivity contribution is 0.0649. The van der Waals surface area contributed by atoms with E-state index in [4.69, 9.17) is 21.1 Å². The van der Waals surface area contributed by atoms with Crippen molar-refractivity contribution in [3.05, 3.63) is 23.8 Å². The number of nitrogens with zero attached hydrogens (tertiary/aromatic N) is 1. The highest BCUT2D eigenvalue weighted by Crippen LogP contribution is 2.33. The van der Waals surface area contributed by atoms with Crippen LogP contribution in [-0.2, 0) is 0 Å². The molecule has 2 aliphatic rings. The molecule has 0 aromatic heterocycles. The van der Waals surface area contributed by atoms with Crippen LogP contribution in [-0.4, -0.2) is 36.1 Å². The number of rotatable bonds is 4. The molecule has 0 spiro atoms. The lowest BCUT2D eigenvalue weighted by atomic mass is 9.93. The van der Waals surface area contributed by atoms with E-state index in [-0.39, 0.29) is 12.7 Å². The van der Waals surface area contributed by atoms with Crippen molar-refractivity contribution in [2.75, 3.05) is 19.2 Å². The molecule has 1 aliphatic carbocycles. The van der Waals surface area contributed by atoms with Gasteiger partial charge in [-0.2, -0.15) is 0 Å². The van der Waals surface area contributed by atoms with Gasteiger partial charge in [0.2, 0.25) is 6.79 Å². The van der Waals surface area contributed by atoms with Crippen molar-refractivity contribution >= 4 is 17.5 Å². The Balaban J connectivity index is 1.79. The number of alkyl halides is 1. The molecule has 1 saturated carbocycles. The van der Waals surface area contributed by atoms with Crippen molar-refractivity contribution in [2.45, 2.75) is 38.1 Å². The maximum absolute atomic E-state index is 12.8. The van der Waals surface area contributed by atoms with Gasteiger partial charge in [0.05, 0.1) is 0 Å². The molecule has 0 unspecified atom stereocenters. The second-order valence-electron chi connectivity index (χ2n) is 5.55. The number of halogens is 1. The first-order chi connectivity index (χ1) is 10.3. The van der Waals surface area contributed by atoms with Crippen molar-refractivity contribution < 1.29 is 14.3 Å². The normalized spacial score (nSPS) is 17.8. The molecule has 1 amide bonds. The number of benzene rings is 1. The molecular weight excluding hydrogens is 290 g/mol. The number of amides is 1. The zero-order valence-electron chi connectivity index (χ0n) is 12.0. The summed E-state index contributed by atoms with van der Waals surface area (Å²) in [5.74, 6) is 1.86. The summed E-state index contributed by atoms with van der Waals surface area (Å²) < 4.78 is 10.6. The Morgan fingerprint density at radius 2 is 1.95 bits per heavy atom. The SMILES string of the molecule is O=C(c1ccc2c(c1)OCO2)N(CCCl)C1CCCCC1. The quantitative estimate of drug-likeness (QED) is 0.800. The Labute approximate surface area is 130 Å². The molecule has 21 heavy (non-hydrogen) atoms. The third kappa shape index (κ3) is 3.10. The molecule has 0 N–H and O–H groups in total. The zero-order valence-corrected chi connectivity index (χ0v) is 12.8. The first kappa shape index (κ1) is 14.5. The third-order valence-electron chi connectivity index (χ3n) is 4.22. The van der Waals surface area contributed by atoms with Gasteiger partial charge in [0.25, 0.3) is 5.91 Å². The fourth-order valence-electron chi connectivity index (χ4n) is 3.13. The molecule has 1 aromatic carbocycles. The smallest absolute Gasteiger partial charge is 0.254 e. The lowest BCUT2D eigenvalue weighted by Gasteiger charge is -2.34. The summed E-state index contributed by atoms with van der Waals surface area (Å²) in [6.07, 6.45) is 5.81. The summed E-state index contributed by atoms with van der Waals surface area (Å²) in [6, 6.07) is 5.69. The predicted molar refractivity (Wildman–Crippen MR) is 81.2 cm³/mol. The molecule has 1 heterocycles. The molecule has 4 nitrogen and oxygen atoms in total. The summed E-state index contributed by atoms with van der Waals surface area (Å²) in [6.45, 7) is 0.820. The molecular formula is C16H20ClNO3. The number of carbonyl (C=O) groups is 1. The van der Waals surface area contributed by atoms with Crippen molar-refractivity contribution in [3.63, 3.8) is 0 Å². The second-order valence-corrected chi connectivity index (χ2v) is 5.93. The van der Waals surface area contributed by atoms with Crippen LogP contribution in [0, 0.1) is 0 Å². The first-order valence-electron chi connectivity index (χ1n) is 7.56. The van der Waals surface area contributed by atoms with Crippen LogP contribution >= 0.6 is 11.6 Å². The molecule has 1 fully saturated rings. The van der Waals surface area contributed by atoms with E-state index in [0.29, 0.717) is 35.5 Å². The highest BCUT2D eigenvalue weighted by molar-refractivity contribution is 6.18. The van der Waals surface area contributed by atoms with E-state index in [9.17, 15) is 4.79 Å². The number of hydrogen-bond acceptors (Lipinski definition) is 3. The van der Waals surface area contributed by atoms with Crippen molar-refractivity contribution in [2.24, 2.45) is 0 Å². The van der Waals surface area contributed by atoms with Gasteiger partial charge in [-0.15, -0.1) is 11.6 Å². The highest BCUT2D eigenvalue weighted by atomic mass is 35.5. The van der Waals surface area contributed by atoms with Gasteiger partial charge >= 0.3 is 0 Å². The Morgan fingerprint density at radius 1 is 1.19 bits per heavy atom. The molecule has 1 aromatic rings. The fourth-order valence-corrected chi connectivity index (χ4v) is 3.31. The highest BCUT2D eigenvalue weighted by Gasteiger charge is 2.27. The summed E-state index contributed by atoms with van der Waals surface area (Å²) >= 11 is 5.90. The van der Waals surface area contributed by atoms with E-state index in [2.05, 4.69) is 0 Å². The van der Waals surface area contributed by atoms with Gasteiger partial charge in [0.1, 0.15) is 0 Å². The fraction of sp³-hybridized carbons (Fsp3) is 0.562. The maximum atomic E-state index is 12.8. The van der Waals surface area contributed by atoms with Gasteiger partial charge < -0.3 is 14.4 Å². The van der Waals surface area contributed by atoms with E-state index in [0.717, 1.165) is 12.8 Å². The number of carbonyl (C=O) groups excluding carboxylic acids is 1. The molecule has 5 heteroatoms. The average Bonchev–Trinajstić information content (AvgIpc) is 3.00. The van der Waals surface area contributed by atoms with Crippen LogP contribution in [0.5, 0.6) is 11.5 Å². The molecule has 0 atom stereocenters. The molecule has 0 bridgehead atoms. The van der Waals surface area contributed by atoms with Crippen LogP contribution in [0.4, 0.5) is 0 Å². The van der Waals surface area contributed by atoms with Crippen molar-refractivity contribution in [3.8, 4) is 11.5 Å². The Hall–Kier alpha value is -1.42. The Kier molecular flexibility index (Phi) is 4.54. The van der Waals surface area contributed by atoms with Crippen LogP contribution in [0.2, 0.25) is 0 Å². The van der Waals surface area contributed by atoms with Crippen molar-refractivity contribution in [1.29, 1.82) is 0 Å². The van der Waals surface area contributed by atoms with E-state index in [1.165, 1.54) is 19.3 Å². The largest absolute Gasteiger partial charge is 0.454 e. The van der Waals surface area contributed by atoms with Gasteiger partial charge in [-0.05, 0) is 31.0 Å². The summed E-state index contributed by atoms with van der Waals surface area (Å²) in [4.78, 5) is 14.7. The summed E-state index contributed by atoms with van der Waals surface area (Å²) in [5, 5.41) is 0. The Bertz CT molecular complexity index is 514. The molecule has 1 aliphatic heterocycles. The predicted octanol–water partition coefficient (Wildman–Crippen LogP) is 3.43. The maximum Gasteiger partial charge on any atom is 0.254 e. The van der Waals surface area contributed by atoms with E-state index >= 15 is 0 Å². The van der Waals surface area contributed by atoms with Gasteiger partial charge in [0, 0.05) is 24.0 Å². The zero-order chi connectivity index (χ0) is 14.7. The van der Waals surface area contributed by atoms with E-state index in [1.807, 2.05) is 4.90 Å². The van der Waals surface area contributed by atoms with E-state index < -0.39 is 0 Å². The minimum Gasteiger partial charge on any atom is -0.454 e. The van der Waals surface area contributed by atoms with Crippen LogP contribution in [0.3, 0.4) is 0 Å². The van der Waals surface area contributed by atoms with Crippen LogP contribution in [0.25, 0.3) is 0 Å². The monoisotopic (exact) mass is 309 g/mol. The van der Waals surface area contributed by atoms with Gasteiger partial charge in [-0.3, -0.25) is 4.79 Å². The van der Waals surface area contributed by atoms with Crippen LogP contribution in [0.15, 0.2) is 18.2 Å². The summed E-state index contributed by atoms with van der Waals surface area (Å²) in [7, 11) is 0. The average molecular weight is 310 g/mol. The number of fused-ring (bicyclic) bond motifs is 1. The molecule has 3 rings (SSSR count). The van der Waals surface area contributed by atoms with Gasteiger partial charge in [-0.1, -0.05) is 19.3 Å². The topological polar surface area (TPSA) is 38.8 Å². The molecule has 0 radical (unpaired) electrons. The van der Waals surface area contributed by atoms with Crippen LogP contribution in [0.1, 0.15) is 42.5 Å². The van der Waals surface area contributed by atoms with Crippen molar-refractivity contribution in [1.82, 2.24) is 4.90 Å². The Morgan fingerprint density at radius 3 is 2.71 bits per heavy atom. The molecule has 114 valence electrons. The summed E-state index contributed by atoms with van der Waals surface area (Å²) in [5.41, 5.74) is 0.648. The number of hydrogen-bond donors (Lipinski definition) is 0. The van der Waals surface area contributed by atoms with Crippen LogP contribution < -0.4 is 9.47 Å². The second kappa shape index (κ2) is 6.56. The third-order valence-corrected chi connectivity index (χ3v) is 4.39.